The first-order valence-corrected chi connectivity index (χ1v) is 11.0. The number of nitrogens with zero attached hydrogens (tertiary/aromatic N) is 1. The number of phenols is 1. The number of ether oxygens (including phenoxy) is 3. The highest BCUT2D eigenvalue weighted by molar-refractivity contribution is 5.45. The van der Waals surface area contributed by atoms with Crippen molar-refractivity contribution in [3.8, 4) is 23.0 Å². The molecule has 2 aromatic rings. The quantitative estimate of drug-likeness (QED) is 0.497. The molecule has 1 N–H and O–H groups in total. The lowest BCUT2D eigenvalue weighted by Gasteiger charge is -2.35. The van der Waals surface area contributed by atoms with E-state index in [-0.39, 0.29) is 11.2 Å². The van der Waals surface area contributed by atoms with Crippen LogP contribution in [0.3, 0.4) is 0 Å². The van der Waals surface area contributed by atoms with Gasteiger partial charge in [-0.3, -0.25) is 0 Å². The lowest BCUT2D eigenvalue weighted by Crippen LogP contribution is -2.31. The number of phenolic OH excluding ortho intramolecular Hbond substituents is 1. The SMILES string of the molecule is COc1cc(CCN(C)CCCC(C)(c2ccc(OC)c(OC)c2)C(C)C)ccc1O. The van der Waals surface area contributed by atoms with Gasteiger partial charge >= 0.3 is 0 Å². The van der Waals surface area contributed by atoms with Crippen LogP contribution in [0.15, 0.2) is 36.4 Å². The minimum Gasteiger partial charge on any atom is -0.504 e. The first kappa shape index (κ1) is 24.9. The number of likely N-dealkylation sites (N-methyl/N-ethyl adjacent to an activating group) is 1. The van der Waals surface area contributed by atoms with Crippen molar-refractivity contribution >= 4 is 0 Å². The summed E-state index contributed by atoms with van der Waals surface area (Å²) in [5.41, 5.74) is 2.52. The molecule has 0 radical (unpaired) electrons. The predicted octanol–water partition coefficient (Wildman–Crippen LogP) is 5.29. The molecule has 0 saturated heterocycles. The normalized spacial score (nSPS) is 13.3. The van der Waals surface area contributed by atoms with Gasteiger partial charge in [-0.2, -0.15) is 0 Å². The minimum absolute atomic E-state index is 0.0602. The van der Waals surface area contributed by atoms with Crippen LogP contribution in [0, 0.1) is 5.92 Å². The second-order valence-corrected chi connectivity index (χ2v) is 8.80. The molecule has 2 aromatic carbocycles. The molecular formula is C26H39NO4. The van der Waals surface area contributed by atoms with E-state index >= 15 is 0 Å². The van der Waals surface area contributed by atoms with Gasteiger partial charge in [0.2, 0.25) is 0 Å². The summed E-state index contributed by atoms with van der Waals surface area (Å²) >= 11 is 0. The molecule has 1 atom stereocenters. The molecule has 0 fully saturated rings. The average Bonchev–Trinajstić information content (AvgIpc) is 2.77. The lowest BCUT2D eigenvalue weighted by atomic mass is 9.70. The maximum Gasteiger partial charge on any atom is 0.161 e. The van der Waals surface area contributed by atoms with Crippen molar-refractivity contribution in [2.24, 2.45) is 5.92 Å². The van der Waals surface area contributed by atoms with E-state index in [4.69, 9.17) is 14.2 Å². The topological polar surface area (TPSA) is 51.2 Å². The zero-order valence-electron chi connectivity index (χ0n) is 20.2. The highest BCUT2D eigenvalue weighted by atomic mass is 16.5. The van der Waals surface area contributed by atoms with Gasteiger partial charge in [-0.05, 0) is 79.6 Å². The predicted molar refractivity (Wildman–Crippen MR) is 127 cm³/mol. The van der Waals surface area contributed by atoms with E-state index in [0.29, 0.717) is 11.7 Å². The van der Waals surface area contributed by atoms with Crippen LogP contribution in [0.2, 0.25) is 0 Å². The molecule has 31 heavy (non-hydrogen) atoms. The molecule has 0 aromatic heterocycles. The summed E-state index contributed by atoms with van der Waals surface area (Å²) < 4.78 is 16.2. The molecule has 0 spiro atoms. The molecule has 0 aliphatic rings. The van der Waals surface area contributed by atoms with E-state index in [2.05, 4.69) is 44.9 Å². The second kappa shape index (κ2) is 11.3. The molecule has 172 valence electrons. The Bertz CT molecular complexity index is 836. The largest absolute Gasteiger partial charge is 0.504 e. The van der Waals surface area contributed by atoms with Crippen LogP contribution in [-0.2, 0) is 11.8 Å². The van der Waals surface area contributed by atoms with Gasteiger partial charge in [0.25, 0.3) is 0 Å². The summed E-state index contributed by atoms with van der Waals surface area (Å²) in [5, 5.41) is 9.76. The summed E-state index contributed by atoms with van der Waals surface area (Å²) in [6.07, 6.45) is 3.13. The van der Waals surface area contributed by atoms with Crippen LogP contribution < -0.4 is 14.2 Å². The van der Waals surface area contributed by atoms with Crippen LogP contribution in [0.5, 0.6) is 23.0 Å². The average molecular weight is 430 g/mol. The number of hydrogen-bond acceptors (Lipinski definition) is 5. The summed E-state index contributed by atoms with van der Waals surface area (Å²) in [5.74, 6) is 2.77. The van der Waals surface area contributed by atoms with E-state index in [1.165, 1.54) is 11.1 Å². The lowest BCUT2D eigenvalue weighted by molar-refractivity contribution is 0.267. The van der Waals surface area contributed by atoms with E-state index in [1.54, 1.807) is 27.4 Å². The highest BCUT2D eigenvalue weighted by Gasteiger charge is 2.31. The Morgan fingerprint density at radius 2 is 1.58 bits per heavy atom. The Balaban J connectivity index is 1.96. The van der Waals surface area contributed by atoms with E-state index in [1.807, 2.05) is 18.2 Å². The maximum atomic E-state index is 9.76. The van der Waals surface area contributed by atoms with Crippen molar-refractivity contribution < 1.29 is 19.3 Å². The molecule has 5 nitrogen and oxygen atoms in total. The molecule has 0 heterocycles. The second-order valence-electron chi connectivity index (χ2n) is 8.80. The minimum atomic E-state index is 0.0602. The van der Waals surface area contributed by atoms with Crippen LogP contribution in [-0.4, -0.2) is 51.5 Å². The summed E-state index contributed by atoms with van der Waals surface area (Å²) in [6.45, 7) is 8.92. The first-order chi connectivity index (χ1) is 14.7. The molecule has 0 aliphatic carbocycles. The van der Waals surface area contributed by atoms with Crippen molar-refractivity contribution in [3.05, 3.63) is 47.5 Å². The molecule has 5 heteroatoms. The van der Waals surface area contributed by atoms with Crippen LogP contribution in [0.1, 0.15) is 44.7 Å². The zero-order chi connectivity index (χ0) is 23.0. The van der Waals surface area contributed by atoms with Gasteiger partial charge in [-0.15, -0.1) is 0 Å². The van der Waals surface area contributed by atoms with Gasteiger partial charge < -0.3 is 24.2 Å². The number of rotatable bonds is 12. The summed E-state index contributed by atoms with van der Waals surface area (Å²) in [4.78, 5) is 2.37. The Morgan fingerprint density at radius 1 is 0.903 bits per heavy atom. The Morgan fingerprint density at radius 3 is 2.19 bits per heavy atom. The van der Waals surface area contributed by atoms with Gasteiger partial charge in [0, 0.05) is 6.54 Å². The van der Waals surface area contributed by atoms with Crippen molar-refractivity contribution in [2.75, 3.05) is 41.5 Å². The van der Waals surface area contributed by atoms with Crippen LogP contribution in [0.4, 0.5) is 0 Å². The third-order valence-corrected chi connectivity index (χ3v) is 6.58. The Labute approximate surface area is 187 Å². The Hall–Kier alpha value is -2.40. The van der Waals surface area contributed by atoms with Gasteiger partial charge in [0.1, 0.15) is 0 Å². The molecule has 0 saturated carbocycles. The molecular weight excluding hydrogens is 390 g/mol. The summed E-state index contributed by atoms with van der Waals surface area (Å²) in [7, 11) is 7.10. The van der Waals surface area contributed by atoms with Crippen molar-refractivity contribution in [3.63, 3.8) is 0 Å². The van der Waals surface area contributed by atoms with Crippen molar-refractivity contribution in [2.45, 2.75) is 45.4 Å². The highest BCUT2D eigenvalue weighted by Crippen LogP contribution is 2.40. The number of hydrogen-bond donors (Lipinski definition) is 1. The fourth-order valence-corrected chi connectivity index (χ4v) is 3.98. The zero-order valence-corrected chi connectivity index (χ0v) is 20.2. The monoisotopic (exact) mass is 429 g/mol. The molecule has 0 bridgehead atoms. The smallest absolute Gasteiger partial charge is 0.161 e. The number of aromatic hydroxyl groups is 1. The van der Waals surface area contributed by atoms with E-state index in [0.717, 1.165) is 43.9 Å². The van der Waals surface area contributed by atoms with Gasteiger partial charge in [-0.1, -0.05) is 32.9 Å². The first-order valence-electron chi connectivity index (χ1n) is 11.0. The standard InChI is InChI=1S/C26H39NO4/c1-19(2)26(3,21-10-12-23(29-5)25(18-21)31-7)14-8-15-27(4)16-13-20-9-11-22(28)24(17-20)30-6/h9-12,17-19,28H,8,13-16H2,1-7H3. The van der Waals surface area contributed by atoms with Gasteiger partial charge in [0.05, 0.1) is 21.3 Å². The van der Waals surface area contributed by atoms with E-state index < -0.39 is 0 Å². The van der Waals surface area contributed by atoms with Crippen LogP contribution in [0.25, 0.3) is 0 Å². The van der Waals surface area contributed by atoms with Crippen molar-refractivity contribution in [1.82, 2.24) is 4.90 Å². The fraction of sp³-hybridized carbons (Fsp3) is 0.538. The Kier molecular flexibility index (Phi) is 9.05. The summed E-state index contributed by atoms with van der Waals surface area (Å²) in [6, 6.07) is 11.9. The molecule has 0 aliphatic heterocycles. The van der Waals surface area contributed by atoms with Gasteiger partial charge in [-0.25, -0.2) is 0 Å². The molecule has 1 unspecified atom stereocenters. The third kappa shape index (κ3) is 6.30. The van der Waals surface area contributed by atoms with Crippen molar-refractivity contribution in [1.29, 1.82) is 0 Å². The van der Waals surface area contributed by atoms with Crippen LogP contribution >= 0.6 is 0 Å². The number of benzene rings is 2. The van der Waals surface area contributed by atoms with E-state index in [9.17, 15) is 5.11 Å². The number of methoxy groups -OCH3 is 3. The fourth-order valence-electron chi connectivity index (χ4n) is 3.98. The molecule has 0 amide bonds. The third-order valence-electron chi connectivity index (χ3n) is 6.58. The van der Waals surface area contributed by atoms with Gasteiger partial charge in [0.15, 0.2) is 23.0 Å². The maximum absolute atomic E-state index is 9.76. The molecule has 2 rings (SSSR count).